The van der Waals surface area contributed by atoms with E-state index in [0.29, 0.717) is 52.0 Å². The molecule has 0 amide bonds. The first kappa shape index (κ1) is 39.7. The topological polar surface area (TPSA) is 146 Å². The summed E-state index contributed by atoms with van der Waals surface area (Å²) < 4.78 is 23.0. The highest BCUT2D eigenvalue weighted by molar-refractivity contribution is 6.00. The van der Waals surface area contributed by atoms with Crippen LogP contribution in [0.4, 0.5) is 5.69 Å². The van der Waals surface area contributed by atoms with Crippen LogP contribution in [0.5, 0.6) is 0 Å². The van der Waals surface area contributed by atoms with E-state index in [-0.39, 0.29) is 34.3 Å². The van der Waals surface area contributed by atoms with Crippen molar-refractivity contribution in [1.29, 1.82) is 0 Å². The summed E-state index contributed by atoms with van der Waals surface area (Å²) in [6, 6.07) is 5.97. The molecule has 300 valence electrons. The predicted molar refractivity (Wildman–Crippen MR) is 206 cm³/mol. The molecule has 0 bridgehead atoms. The third-order valence-corrected chi connectivity index (χ3v) is 15.3. The number of fused-ring (bicyclic) bond motifs is 7. The van der Waals surface area contributed by atoms with Crippen LogP contribution in [0.1, 0.15) is 111 Å². The molecule has 3 aliphatic heterocycles. The van der Waals surface area contributed by atoms with E-state index >= 15 is 0 Å². The number of nitro groups is 1. The Bertz CT molecular complexity index is 1770. The van der Waals surface area contributed by atoms with Gasteiger partial charge in [0.05, 0.1) is 55.0 Å². The fourth-order valence-corrected chi connectivity index (χ4v) is 12.5. The maximum atomic E-state index is 12.3. The number of carbonyl (C=O) groups excluding carboxylic acids is 2. The van der Waals surface area contributed by atoms with E-state index in [1.807, 2.05) is 0 Å². The van der Waals surface area contributed by atoms with Gasteiger partial charge < -0.3 is 29.4 Å². The van der Waals surface area contributed by atoms with Crippen LogP contribution in [0.15, 0.2) is 58.5 Å². The van der Waals surface area contributed by atoms with E-state index in [0.717, 1.165) is 37.7 Å². The summed E-state index contributed by atoms with van der Waals surface area (Å²) >= 11 is 0. The van der Waals surface area contributed by atoms with E-state index in [2.05, 4.69) is 39.1 Å². The summed E-state index contributed by atoms with van der Waals surface area (Å²) in [5, 5.41) is 24.7. The molecule has 8 rings (SSSR count). The highest BCUT2D eigenvalue weighted by Gasteiger charge is 2.68. The Morgan fingerprint density at radius 2 is 1.64 bits per heavy atom. The maximum Gasteiger partial charge on any atom is 0.336 e. The zero-order valence-electron chi connectivity index (χ0n) is 33.8. The molecule has 2 N–H and O–H groups in total. The molecule has 1 spiro atoms. The number of dihydropyridines is 1. The number of hydrogen-bond donors (Lipinski definition) is 2. The number of rotatable bonds is 4. The number of esters is 2. The monoisotopic (exact) mass is 760 g/mol. The molecule has 4 aliphatic carbocycles. The van der Waals surface area contributed by atoms with Crippen molar-refractivity contribution in [3.63, 3.8) is 0 Å². The fraction of sp³-hybridized carbons (Fsp3) is 0.682. The quantitative estimate of drug-likeness (QED) is 0.134. The second kappa shape index (κ2) is 14.8. The molecule has 55 heavy (non-hydrogen) atoms. The van der Waals surface area contributed by atoms with Gasteiger partial charge in [0.15, 0.2) is 5.79 Å². The number of nitrogens with one attached hydrogen (secondary N) is 1. The second-order valence-electron chi connectivity index (χ2n) is 18.1. The molecule has 2 saturated heterocycles. The Kier molecular flexibility index (Phi) is 10.6. The first-order valence-corrected chi connectivity index (χ1v) is 20.4. The van der Waals surface area contributed by atoms with Crippen LogP contribution >= 0.6 is 0 Å². The largest absolute Gasteiger partial charge is 0.466 e. The van der Waals surface area contributed by atoms with E-state index in [4.69, 9.17) is 18.9 Å². The van der Waals surface area contributed by atoms with Gasteiger partial charge in [-0.15, -0.1) is 0 Å². The van der Waals surface area contributed by atoms with Crippen molar-refractivity contribution in [3.05, 3.63) is 74.1 Å². The fourth-order valence-electron chi connectivity index (χ4n) is 12.5. The van der Waals surface area contributed by atoms with Crippen molar-refractivity contribution in [1.82, 2.24) is 5.32 Å². The van der Waals surface area contributed by atoms with Crippen molar-refractivity contribution in [2.75, 3.05) is 20.8 Å². The third kappa shape index (κ3) is 6.46. The van der Waals surface area contributed by atoms with Gasteiger partial charge in [-0.3, -0.25) is 10.1 Å². The summed E-state index contributed by atoms with van der Waals surface area (Å²) in [6.07, 6.45) is 13.6. The minimum absolute atomic E-state index is 0.0661. The van der Waals surface area contributed by atoms with Gasteiger partial charge >= 0.3 is 11.9 Å². The molecule has 11 heteroatoms. The number of para-hydroxylation sites is 1. The zero-order valence-corrected chi connectivity index (χ0v) is 33.8. The molecule has 7 aliphatic rings. The van der Waals surface area contributed by atoms with Crippen LogP contribution in [0.25, 0.3) is 0 Å². The highest BCUT2D eigenvalue weighted by Crippen LogP contribution is 2.70. The van der Waals surface area contributed by atoms with Gasteiger partial charge in [-0.2, -0.15) is 0 Å². The molecule has 1 aromatic rings. The minimum atomic E-state index is -0.970. The summed E-state index contributed by atoms with van der Waals surface area (Å²) in [7, 11) is 2.42. The number of hydrogen-bond acceptors (Lipinski definition) is 10. The van der Waals surface area contributed by atoms with Gasteiger partial charge in [0.1, 0.15) is 0 Å². The molecule has 5 fully saturated rings. The van der Waals surface area contributed by atoms with Gasteiger partial charge in [0.2, 0.25) is 0 Å². The minimum Gasteiger partial charge on any atom is -0.466 e. The summed E-state index contributed by atoms with van der Waals surface area (Å²) in [5.41, 5.74) is 3.65. The van der Waals surface area contributed by atoms with Crippen LogP contribution in [0.3, 0.4) is 0 Å². The van der Waals surface area contributed by atoms with Crippen molar-refractivity contribution in [2.45, 2.75) is 123 Å². The number of allylic oxidation sites excluding steroid dienone is 4. The Morgan fingerprint density at radius 3 is 2.25 bits per heavy atom. The Labute approximate surface area is 325 Å². The van der Waals surface area contributed by atoms with Gasteiger partial charge in [0, 0.05) is 35.4 Å². The molecule has 1 aromatic carbocycles. The molecule has 0 aromatic heterocycles. The number of aliphatic hydroxyl groups is 1. The molecule has 11 atom stereocenters. The smallest absolute Gasteiger partial charge is 0.336 e. The van der Waals surface area contributed by atoms with E-state index in [9.17, 15) is 24.8 Å². The first-order valence-electron chi connectivity index (χ1n) is 20.4. The van der Waals surface area contributed by atoms with Crippen LogP contribution in [-0.2, 0) is 28.5 Å². The number of methoxy groups -OCH3 is 2. The molecule has 11 unspecified atom stereocenters. The molecule has 0 radical (unpaired) electrons. The van der Waals surface area contributed by atoms with Gasteiger partial charge in [0.25, 0.3) is 5.69 Å². The average Bonchev–Trinajstić information content (AvgIpc) is 3.61. The Morgan fingerprint density at radius 1 is 0.964 bits per heavy atom. The summed E-state index contributed by atoms with van der Waals surface area (Å²) in [6.45, 7) is 14.0. The number of nitro benzene ring substituents is 1. The van der Waals surface area contributed by atoms with Crippen molar-refractivity contribution in [2.24, 2.45) is 46.3 Å². The lowest BCUT2D eigenvalue weighted by Gasteiger charge is -2.57. The van der Waals surface area contributed by atoms with Crippen molar-refractivity contribution in [3.8, 4) is 0 Å². The highest BCUT2D eigenvalue weighted by atomic mass is 16.7. The summed E-state index contributed by atoms with van der Waals surface area (Å²) in [5.74, 6) is 1.36. The lowest BCUT2D eigenvalue weighted by atomic mass is 9.48. The lowest BCUT2D eigenvalue weighted by molar-refractivity contribution is -0.385. The number of carbonyl (C=O) groups is 2. The predicted octanol–water partition coefficient (Wildman–Crippen LogP) is 7.89. The number of aliphatic hydroxyl groups excluding tert-OH is 1. The average molecular weight is 761 g/mol. The molecule has 11 nitrogen and oxygen atoms in total. The number of nitrogens with zero attached hydrogens (tertiary/aromatic N) is 1. The SMILES string of the molecule is CC1CCC2(OC1)OC1CC3C4CCC5CC(O)CCC5(C)C4=CCC3(C)C1C2C.COC(=O)C1=C(C)NC(C)=C(C(=O)OC)C1c1ccccc1[N+](=O)[O-]. The van der Waals surface area contributed by atoms with Crippen LogP contribution in [0.2, 0.25) is 0 Å². The van der Waals surface area contributed by atoms with E-state index < -0.39 is 22.8 Å². The molecule has 3 heterocycles. The Hall–Kier alpha value is -3.54. The summed E-state index contributed by atoms with van der Waals surface area (Å²) in [4.78, 5) is 35.6. The van der Waals surface area contributed by atoms with Crippen LogP contribution in [0, 0.1) is 56.5 Å². The Balaban J connectivity index is 0.000000173. The van der Waals surface area contributed by atoms with E-state index in [1.54, 1.807) is 25.5 Å². The standard InChI is InChI=1S/C27H42O3.C17H18N2O6/c1-16-7-12-27(29-15-16)17(2)24-23(30-27)14-22-20-6-5-18-13-19(28)8-10-25(18,3)21(20)9-11-26(22,24)4;1-9-13(16(20)24-3)15(14(10(2)18-9)17(21)25-4)11-7-5-6-8-12(11)19(22)23/h9,16-20,22-24,28H,5-8,10-15H2,1-4H3;5-8,15,18H,1-4H3. The van der Waals surface area contributed by atoms with Gasteiger partial charge in [-0.1, -0.05) is 57.5 Å². The van der Waals surface area contributed by atoms with Crippen molar-refractivity contribution < 1.29 is 38.6 Å². The number of benzene rings is 1. The lowest BCUT2D eigenvalue weighted by Crippen LogP contribution is -2.50. The molecular formula is C44H60N2O9. The zero-order chi connectivity index (χ0) is 39.6. The second-order valence-corrected chi connectivity index (χ2v) is 18.1. The van der Waals surface area contributed by atoms with Gasteiger partial charge in [-0.05, 0) is 106 Å². The third-order valence-electron chi connectivity index (χ3n) is 15.3. The normalized spacial score (nSPS) is 39.4. The maximum absolute atomic E-state index is 12.3. The van der Waals surface area contributed by atoms with Crippen LogP contribution in [-0.4, -0.2) is 60.8 Å². The van der Waals surface area contributed by atoms with Gasteiger partial charge in [-0.25, -0.2) is 9.59 Å². The number of ether oxygens (including phenoxy) is 4. The van der Waals surface area contributed by atoms with Crippen molar-refractivity contribution >= 4 is 17.6 Å². The first-order chi connectivity index (χ1) is 26.1. The van der Waals surface area contributed by atoms with E-state index in [1.165, 1.54) is 70.9 Å². The molecular weight excluding hydrogens is 700 g/mol. The molecule has 3 saturated carbocycles. The van der Waals surface area contributed by atoms with Crippen LogP contribution < -0.4 is 5.32 Å².